The molecule has 1 aromatic carbocycles. The Hall–Kier alpha value is -2.22. The van der Waals surface area contributed by atoms with Gasteiger partial charge in [0.2, 0.25) is 5.91 Å². The molecule has 1 N–H and O–H groups in total. The van der Waals surface area contributed by atoms with Crippen molar-refractivity contribution in [2.75, 3.05) is 20.0 Å². The van der Waals surface area contributed by atoms with Gasteiger partial charge in [0.1, 0.15) is 11.5 Å². The first kappa shape index (κ1) is 19.1. The molecule has 2 rings (SSSR count). The fraction of sp³-hybridized carbons (Fsp3) is 0.471. The van der Waals surface area contributed by atoms with E-state index in [0.717, 1.165) is 12.8 Å². The van der Waals surface area contributed by atoms with Crippen molar-refractivity contribution in [1.29, 1.82) is 0 Å². The van der Waals surface area contributed by atoms with E-state index in [9.17, 15) is 4.79 Å². The summed E-state index contributed by atoms with van der Waals surface area (Å²) in [5.74, 6) is 1.77. The summed E-state index contributed by atoms with van der Waals surface area (Å²) in [6.07, 6.45) is 1.99. The van der Waals surface area contributed by atoms with E-state index in [1.807, 2.05) is 6.92 Å². The molecule has 0 spiro atoms. The van der Waals surface area contributed by atoms with E-state index in [1.165, 1.54) is 11.8 Å². The van der Waals surface area contributed by atoms with Gasteiger partial charge < -0.3 is 19.2 Å². The van der Waals surface area contributed by atoms with Crippen LogP contribution in [0.2, 0.25) is 0 Å². The van der Waals surface area contributed by atoms with Crippen molar-refractivity contribution < 1.29 is 18.7 Å². The SMILES string of the molecule is CCC[C@H](C)NC(=O)CSc1nnc(-c2ccc(OC)cc2OC)o1. The number of thioether (sulfide) groups is 1. The molecule has 1 heterocycles. The van der Waals surface area contributed by atoms with Gasteiger partial charge in [-0.25, -0.2) is 0 Å². The summed E-state index contributed by atoms with van der Waals surface area (Å²) in [5, 5.41) is 11.3. The van der Waals surface area contributed by atoms with Crippen LogP contribution < -0.4 is 14.8 Å². The van der Waals surface area contributed by atoms with Gasteiger partial charge in [0.25, 0.3) is 11.1 Å². The molecule has 0 aliphatic carbocycles. The lowest BCUT2D eigenvalue weighted by Gasteiger charge is -2.11. The molecule has 136 valence electrons. The number of rotatable bonds is 9. The molecule has 0 saturated carbocycles. The average Bonchev–Trinajstić information content (AvgIpc) is 3.08. The van der Waals surface area contributed by atoms with Gasteiger partial charge in [-0.1, -0.05) is 25.1 Å². The summed E-state index contributed by atoms with van der Waals surface area (Å²) in [6, 6.07) is 5.49. The number of ether oxygens (including phenoxy) is 2. The number of benzene rings is 1. The van der Waals surface area contributed by atoms with E-state index in [1.54, 1.807) is 32.4 Å². The molecule has 7 nitrogen and oxygen atoms in total. The van der Waals surface area contributed by atoms with E-state index < -0.39 is 0 Å². The maximum Gasteiger partial charge on any atom is 0.277 e. The lowest BCUT2D eigenvalue weighted by Crippen LogP contribution is -2.33. The van der Waals surface area contributed by atoms with E-state index in [2.05, 4.69) is 22.4 Å². The van der Waals surface area contributed by atoms with Gasteiger partial charge in [-0.15, -0.1) is 10.2 Å². The highest BCUT2D eigenvalue weighted by Crippen LogP contribution is 2.33. The Morgan fingerprint density at radius 2 is 2.12 bits per heavy atom. The zero-order chi connectivity index (χ0) is 18.2. The van der Waals surface area contributed by atoms with E-state index in [-0.39, 0.29) is 17.7 Å². The van der Waals surface area contributed by atoms with Crippen LogP contribution in [0, 0.1) is 0 Å². The third-order valence-electron chi connectivity index (χ3n) is 3.50. The van der Waals surface area contributed by atoms with Gasteiger partial charge in [-0.2, -0.15) is 0 Å². The van der Waals surface area contributed by atoms with Crippen molar-refractivity contribution in [3.8, 4) is 23.0 Å². The molecular weight excluding hydrogens is 342 g/mol. The molecule has 0 bridgehead atoms. The quantitative estimate of drug-likeness (QED) is 0.683. The lowest BCUT2D eigenvalue weighted by atomic mass is 10.2. The van der Waals surface area contributed by atoms with E-state index in [0.29, 0.717) is 28.2 Å². The van der Waals surface area contributed by atoms with Crippen LogP contribution >= 0.6 is 11.8 Å². The molecule has 8 heteroatoms. The summed E-state index contributed by atoms with van der Waals surface area (Å²) in [7, 11) is 3.15. The highest BCUT2D eigenvalue weighted by atomic mass is 32.2. The number of amides is 1. The second-order valence-corrected chi connectivity index (χ2v) is 6.41. The van der Waals surface area contributed by atoms with Crippen LogP contribution in [-0.2, 0) is 4.79 Å². The first-order valence-corrected chi connectivity index (χ1v) is 9.04. The molecule has 2 aromatic rings. The number of hydrogen-bond acceptors (Lipinski definition) is 7. The summed E-state index contributed by atoms with van der Waals surface area (Å²) < 4.78 is 16.1. The summed E-state index contributed by atoms with van der Waals surface area (Å²) in [4.78, 5) is 11.9. The second kappa shape index (κ2) is 9.31. The largest absolute Gasteiger partial charge is 0.497 e. The Balaban J connectivity index is 1.99. The highest BCUT2D eigenvalue weighted by molar-refractivity contribution is 7.99. The Morgan fingerprint density at radius 3 is 2.80 bits per heavy atom. The predicted molar refractivity (Wildman–Crippen MR) is 96.1 cm³/mol. The zero-order valence-electron chi connectivity index (χ0n) is 14.9. The zero-order valence-corrected chi connectivity index (χ0v) is 15.7. The van der Waals surface area contributed by atoms with E-state index in [4.69, 9.17) is 13.9 Å². The van der Waals surface area contributed by atoms with Gasteiger partial charge >= 0.3 is 0 Å². The normalized spacial score (nSPS) is 11.8. The Bertz CT molecular complexity index is 705. The van der Waals surface area contributed by atoms with Crippen LogP contribution in [0.3, 0.4) is 0 Å². The molecular formula is C17H23N3O4S. The van der Waals surface area contributed by atoms with Gasteiger partial charge in [-0.3, -0.25) is 4.79 Å². The van der Waals surface area contributed by atoms with Crippen molar-refractivity contribution in [2.45, 2.75) is 38.0 Å². The first-order valence-electron chi connectivity index (χ1n) is 8.05. The van der Waals surface area contributed by atoms with Crippen molar-refractivity contribution in [1.82, 2.24) is 15.5 Å². The van der Waals surface area contributed by atoms with Crippen LogP contribution in [0.5, 0.6) is 11.5 Å². The minimum atomic E-state index is -0.0484. The maximum atomic E-state index is 11.9. The third kappa shape index (κ3) is 5.38. The minimum Gasteiger partial charge on any atom is -0.497 e. The number of carbonyl (C=O) groups excluding carboxylic acids is 1. The second-order valence-electron chi connectivity index (χ2n) is 5.49. The monoisotopic (exact) mass is 365 g/mol. The molecule has 25 heavy (non-hydrogen) atoms. The van der Waals surface area contributed by atoms with Gasteiger partial charge in [0.15, 0.2) is 0 Å². The van der Waals surface area contributed by atoms with Crippen LogP contribution in [-0.4, -0.2) is 42.1 Å². The van der Waals surface area contributed by atoms with Crippen molar-refractivity contribution >= 4 is 17.7 Å². The Labute approximate surface area is 151 Å². The summed E-state index contributed by atoms with van der Waals surface area (Å²) >= 11 is 1.21. The molecule has 0 fully saturated rings. The standard InChI is InChI=1S/C17H23N3O4S/c1-5-6-11(2)18-15(21)10-25-17-20-19-16(24-17)13-8-7-12(22-3)9-14(13)23-4/h7-9,11H,5-6,10H2,1-4H3,(H,18,21)/t11-/m0/s1. The number of methoxy groups -OCH3 is 2. The molecule has 0 unspecified atom stereocenters. The highest BCUT2D eigenvalue weighted by Gasteiger charge is 2.16. The van der Waals surface area contributed by atoms with Crippen molar-refractivity contribution in [3.63, 3.8) is 0 Å². The minimum absolute atomic E-state index is 0.0484. The molecule has 0 aliphatic rings. The molecule has 0 aliphatic heterocycles. The number of nitrogens with one attached hydrogen (secondary N) is 1. The van der Waals surface area contributed by atoms with Crippen LogP contribution in [0.15, 0.2) is 27.8 Å². The van der Waals surface area contributed by atoms with Crippen LogP contribution in [0.1, 0.15) is 26.7 Å². The van der Waals surface area contributed by atoms with Crippen molar-refractivity contribution in [3.05, 3.63) is 18.2 Å². The fourth-order valence-electron chi connectivity index (χ4n) is 2.30. The lowest BCUT2D eigenvalue weighted by molar-refractivity contribution is -0.119. The average molecular weight is 365 g/mol. The molecule has 1 atom stereocenters. The van der Waals surface area contributed by atoms with Crippen LogP contribution in [0.25, 0.3) is 11.5 Å². The predicted octanol–water partition coefficient (Wildman–Crippen LogP) is 3.15. The van der Waals surface area contributed by atoms with Crippen LogP contribution in [0.4, 0.5) is 0 Å². The summed E-state index contributed by atoms with van der Waals surface area (Å²) in [6.45, 7) is 4.08. The fourth-order valence-corrected chi connectivity index (χ4v) is 2.88. The third-order valence-corrected chi connectivity index (χ3v) is 4.32. The van der Waals surface area contributed by atoms with Gasteiger partial charge in [0, 0.05) is 12.1 Å². The first-order chi connectivity index (χ1) is 12.1. The number of carbonyl (C=O) groups is 1. The number of aromatic nitrogens is 2. The Morgan fingerprint density at radius 1 is 1.32 bits per heavy atom. The topological polar surface area (TPSA) is 86.5 Å². The number of nitrogens with zero attached hydrogens (tertiary/aromatic N) is 2. The maximum absolute atomic E-state index is 11.9. The number of hydrogen-bond donors (Lipinski definition) is 1. The Kier molecular flexibility index (Phi) is 7.12. The molecule has 0 saturated heterocycles. The van der Waals surface area contributed by atoms with E-state index >= 15 is 0 Å². The molecule has 1 amide bonds. The summed E-state index contributed by atoms with van der Waals surface area (Å²) in [5.41, 5.74) is 0.670. The molecule has 1 aromatic heterocycles. The van der Waals surface area contributed by atoms with Gasteiger partial charge in [-0.05, 0) is 25.5 Å². The smallest absolute Gasteiger partial charge is 0.277 e. The molecule has 0 radical (unpaired) electrons. The van der Waals surface area contributed by atoms with Crippen molar-refractivity contribution in [2.24, 2.45) is 0 Å². The van der Waals surface area contributed by atoms with Gasteiger partial charge in [0.05, 0.1) is 25.5 Å².